The molecule has 1 aromatic carbocycles. The summed E-state index contributed by atoms with van der Waals surface area (Å²) in [6.45, 7) is 3.74. The zero-order valence-corrected chi connectivity index (χ0v) is 11.5. The molecule has 6 heteroatoms. The first-order valence-corrected chi connectivity index (χ1v) is 6.85. The van der Waals surface area contributed by atoms with Crippen LogP contribution in [0.4, 0.5) is 10.1 Å². The molecule has 2 atom stereocenters. The molecular formula is C14H19FN2O3. The van der Waals surface area contributed by atoms with E-state index >= 15 is 0 Å². The fraction of sp³-hybridized carbons (Fsp3) is 0.571. The number of benzene rings is 1. The maximum Gasteiger partial charge on any atom is 0.305 e. The summed E-state index contributed by atoms with van der Waals surface area (Å²) in [5, 5.41) is 20.6. The number of hydrogen-bond donors (Lipinski definition) is 1. The number of halogens is 1. The largest absolute Gasteiger partial charge is 0.393 e. The zero-order chi connectivity index (χ0) is 14.7. The van der Waals surface area contributed by atoms with Crippen LogP contribution >= 0.6 is 0 Å². The maximum absolute atomic E-state index is 14.0. The van der Waals surface area contributed by atoms with Crippen molar-refractivity contribution in [1.82, 2.24) is 4.90 Å². The number of piperidine rings is 1. The van der Waals surface area contributed by atoms with Crippen molar-refractivity contribution in [3.63, 3.8) is 0 Å². The van der Waals surface area contributed by atoms with Crippen LogP contribution in [0.5, 0.6) is 0 Å². The fourth-order valence-corrected chi connectivity index (χ4v) is 2.71. The number of aliphatic hydroxyl groups excluding tert-OH is 1. The van der Waals surface area contributed by atoms with Gasteiger partial charge in [-0.1, -0.05) is 19.1 Å². The van der Waals surface area contributed by atoms with E-state index in [9.17, 15) is 19.6 Å². The van der Waals surface area contributed by atoms with Crippen molar-refractivity contribution in [2.45, 2.75) is 32.4 Å². The molecule has 110 valence electrons. The maximum atomic E-state index is 14.0. The van der Waals surface area contributed by atoms with E-state index in [1.54, 1.807) is 6.07 Å². The van der Waals surface area contributed by atoms with Crippen LogP contribution in [0.15, 0.2) is 18.2 Å². The van der Waals surface area contributed by atoms with Crippen LogP contribution in [0, 0.1) is 21.8 Å². The average Bonchev–Trinajstić information content (AvgIpc) is 2.42. The monoisotopic (exact) mass is 282 g/mol. The van der Waals surface area contributed by atoms with Crippen LogP contribution in [0.3, 0.4) is 0 Å². The van der Waals surface area contributed by atoms with Gasteiger partial charge in [-0.2, -0.15) is 4.39 Å². The molecule has 0 saturated carbocycles. The molecule has 0 bridgehead atoms. The Morgan fingerprint density at radius 2 is 2.30 bits per heavy atom. The Labute approximate surface area is 117 Å². The fourth-order valence-electron chi connectivity index (χ4n) is 2.71. The lowest BCUT2D eigenvalue weighted by Crippen LogP contribution is -2.42. The minimum Gasteiger partial charge on any atom is -0.393 e. The minimum absolute atomic E-state index is 0.186. The number of nitro benzene ring substituents is 1. The Hall–Kier alpha value is -1.53. The van der Waals surface area contributed by atoms with Crippen molar-refractivity contribution in [2.75, 3.05) is 13.1 Å². The van der Waals surface area contributed by atoms with E-state index in [0.717, 1.165) is 6.42 Å². The van der Waals surface area contributed by atoms with Crippen molar-refractivity contribution in [3.05, 3.63) is 39.7 Å². The quantitative estimate of drug-likeness (QED) is 0.680. The number of nitro groups is 1. The molecule has 1 aromatic rings. The number of hydrogen-bond acceptors (Lipinski definition) is 4. The Bertz CT molecular complexity index is 495. The molecule has 0 amide bonds. The smallest absolute Gasteiger partial charge is 0.305 e. The molecule has 1 aliphatic rings. The average molecular weight is 282 g/mol. The summed E-state index contributed by atoms with van der Waals surface area (Å²) in [4.78, 5) is 12.1. The molecule has 0 aliphatic carbocycles. The lowest BCUT2D eigenvalue weighted by atomic mass is 9.92. The second kappa shape index (κ2) is 6.28. The third kappa shape index (κ3) is 3.13. The summed E-state index contributed by atoms with van der Waals surface area (Å²) in [5.41, 5.74) is -0.142. The molecule has 0 radical (unpaired) electrons. The van der Waals surface area contributed by atoms with E-state index in [1.165, 1.54) is 12.1 Å². The summed E-state index contributed by atoms with van der Waals surface area (Å²) >= 11 is 0. The summed E-state index contributed by atoms with van der Waals surface area (Å²) < 4.78 is 14.0. The molecule has 0 aromatic heterocycles. The highest BCUT2D eigenvalue weighted by Crippen LogP contribution is 2.25. The van der Waals surface area contributed by atoms with E-state index in [0.29, 0.717) is 31.6 Å². The number of rotatable bonds is 4. The van der Waals surface area contributed by atoms with Crippen molar-refractivity contribution < 1.29 is 14.4 Å². The van der Waals surface area contributed by atoms with Gasteiger partial charge in [-0.3, -0.25) is 15.0 Å². The van der Waals surface area contributed by atoms with Gasteiger partial charge in [0.05, 0.1) is 11.0 Å². The Morgan fingerprint density at radius 3 is 2.95 bits per heavy atom. The first-order valence-electron chi connectivity index (χ1n) is 6.85. The van der Waals surface area contributed by atoms with Crippen LogP contribution < -0.4 is 0 Å². The molecule has 2 rings (SSSR count). The van der Waals surface area contributed by atoms with Gasteiger partial charge in [-0.25, -0.2) is 0 Å². The van der Waals surface area contributed by atoms with Gasteiger partial charge in [-0.15, -0.1) is 0 Å². The van der Waals surface area contributed by atoms with E-state index < -0.39 is 16.4 Å². The number of likely N-dealkylation sites (tertiary alicyclic amines) is 1. The third-order valence-corrected chi connectivity index (χ3v) is 3.95. The normalized spacial score (nSPS) is 23.8. The summed E-state index contributed by atoms with van der Waals surface area (Å²) in [6.07, 6.45) is 1.23. The Morgan fingerprint density at radius 1 is 1.55 bits per heavy atom. The molecule has 1 aliphatic heterocycles. The first kappa shape index (κ1) is 14.9. The lowest BCUT2D eigenvalue weighted by molar-refractivity contribution is -0.387. The molecule has 1 fully saturated rings. The van der Waals surface area contributed by atoms with Crippen LogP contribution in [0.1, 0.15) is 25.3 Å². The van der Waals surface area contributed by atoms with Crippen molar-refractivity contribution >= 4 is 5.69 Å². The van der Waals surface area contributed by atoms with Gasteiger partial charge in [-0.05, 0) is 18.8 Å². The van der Waals surface area contributed by atoms with Crippen LogP contribution in [0.2, 0.25) is 0 Å². The van der Waals surface area contributed by atoms with Crippen molar-refractivity contribution in [2.24, 2.45) is 5.92 Å². The van der Waals surface area contributed by atoms with E-state index in [4.69, 9.17) is 0 Å². The van der Waals surface area contributed by atoms with Gasteiger partial charge in [0.25, 0.3) is 0 Å². The predicted octanol–water partition coefficient (Wildman–Crippen LogP) is 2.33. The Balaban J connectivity index is 2.11. The van der Waals surface area contributed by atoms with E-state index in [1.807, 2.05) is 11.8 Å². The van der Waals surface area contributed by atoms with Crippen LogP contribution in [-0.2, 0) is 6.54 Å². The topological polar surface area (TPSA) is 66.6 Å². The highest BCUT2D eigenvalue weighted by atomic mass is 19.1. The van der Waals surface area contributed by atoms with Crippen molar-refractivity contribution in [3.8, 4) is 0 Å². The van der Waals surface area contributed by atoms with Crippen molar-refractivity contribution in [1.29, 1.82) is 0 Å². The summed E-state index contributed by atoms with van der Waals surface area (Å²) in [7, 11) is 0. The second-order valence-electron chi connectivity index (χ2n) is 5.27. The molecule has 2 unspecified atom stereocenters. The SMILES string of the molecule is CCC1CN(Cc2cccc([N+](=O)[O-])c2F)CCC1O. The van der Waals surface area contributed by atoms with Crippen LogP contribution in [0.25, 0.3) is 0 Å². The van der Waals surface area contributed by atoms with Gasteiger partial charge in [0, 0.05) is 31.3 Å². The lowest BCUT2D eigenvalue weighted by Gasteiger charge is -2.35. The molecular weight excluding hydrogens is 263 g/mol. The minimum atomic E-state index is -0.753. The molecule has 1 heterocycles. The van der Waals surface area contributed by atoms with E-state index in [2.05, 4.69) is 0 Å². The molecule has 20 heavy (non-hydrogen) atoms. The predicted molar refractivity (Wildman–Crippen MR) is 72.7 cm³/mol. The van der Waals surface area contributed by atoms with Crippen LogP contribution in [-0.4, -0.2) is 34.1 Å². The molecule has 5 nitrogen and oxygen atoms in total. The zero-order valence-electron chi connectivity index (χ0n) is 11.5. The van der Waals surface area contributed by atoms with E-state index in [-0.39, 0.29) is 12.0 Å². The second-order valence-corrected chi connectivity index (χ2v) is 5.27. The highest BCUT2D eigenvalue weighted by molar-refractivity contribution is 5.36. The summed E-state index contributed by atoms with van der Waals surface area (Å²) in [6, 6.07) is 4.26. The number of nitrogens with zero attached hydrogens (tertiary/aromatic N) is 2. The molecule has 1 saturated heterocycles. The number of aliphatic hydroxyl groups is 1. The molecule has 1 N–H and O–H groups in total. The third-order valence-electron chi connectivity index (χ3n) is 3.95. The van der Waals surface area contributed by atoms with Gasteiger partial charge in [0.2, 0.25) is 5.82 Å². The van der Waals surface area contributed by atoms with Gasteiger partial charge >= 0.3 is 5.69 Å². The summed E-state index contributed by atoms with van der Waals surface area (Å²) in [5.74, 6) is -0.567. The van der Waals surface area contributed by atoms with Gasteiger partial charge in [0.15, 0.2) is 0 Å². The first-order chi connectivity index (χ1) is 9.52. The highest BCUT2D eigenvalue weighted by Gasteiger charge is 2.27. The molecule has 0 spiro atoms. The standard InChI is InChI=1S/C14H19FN2O3/c1-2-10-8-16(7-6-13(10)18)9-11-4-3-5-12(14(11)15)17(19)20/h3-5,10,13,18H,2,6-9H2,1H3. The Kier molecular flexibility index (Phi) is 4.67. The van der Waals surface area contributed by atoms with Gasteiger partial charge < -0.3 is 5.11 Å². The van der Waals surface area contributed by atoms with Gasteiger partial charge in [0.1, 0.15) is 0 Å².